The summed E-state index contributed by atoms with van der Waals surface area (Å²) in [6.45, 7) is 8.78. The second kappa shape index (κ2) is 9.70. The van der Waals surface area contributed by atoms with Crippen LogP contribution in [0.3, 0.4) is 0 Å². The third-order valence-corrected chi connectivity index (χ3v) is 7.83. The molecule has 5 heteroatoms. The highest BCUT2D eigenvalue weighted by molar-refractivity contribution is 8.02. The molecule has 0 aliphatic rings. The van der Waals surface area contributed by atoms with Gasteiger partial charge in [0.2, 0.25) is 0 Å². The molecule has 1 aromatic rings. The molecular weight excluding hydrogens is 320 g/mol. The largest absolute Gasteiger partial charge is 0.297 e. The summed E-state index contributed by atoms with van der Waals surface area (Å²) in [6.07, 6.45) is 4.04. The molecule has 0 unspecified atom stereocenters. The van der Waals surface area contributed by atoms with Gasteiger partial charge in [-0.15, -0.1) is 34.9 Å². The van der Waals surface area contributed by atoms with Gasteiger partial charge in [0.1, 0.15) is 0 Å². The normalized spacial score (nSPS) is 13.9. The van der Waals surface area contributed by atoms with E-state index in [0.717, 1.165) is 46.7 Å². The molecule has 0 fully saturated rings. The molecule has 0 saturated heterocycles. The lowest BCUT2D eigenvalue weighted by atomic mass is 10.2. The minimum Gasteiger partial charge on any atom is -0.297 e. The van der Waals surface area contributed by atoms with Crippen LogP contribution in [0.25, 0.3) is 0 Å². The molecule has 0 aromatic carbocycles. The van der Waals surface area contributed by atoms with Gasteiger partial charge in [-0.1, -0.05) is 40.5 Å². The summed E-state index contributed by atoms with van der Waals surface area (Å²) < 4.78 is 0. The second-order valence-electron chi connectivity index (χ2n) is 5.37. The van der Waals surface area contributed by atoms with Gasteiger partial charge in [-0.3, -0.25) is 9.59 Å². The lowest BCUT2D eigenvalue weighted by molar-refractivity contribution is 0.111. The maximum atomic E-state index is 11.3. The molecule has 0 aliphatic heterocycles. The number of rotatable bonds is 10. The molecular formula is C16H24O2S3. The maximum Gasteiger partial charge on any atom is 0.161 e. The number of hydrogen-bond acceptors (Lipinski definition) is 5. The monoisotopic (exact) mass is 344 g/mol. The average molecular weight is 345 g/mol. The molecule has 21 heavy (non-hydrogen) atoms. The molecule has 1 rings (SSSR count). The third-order valence-electron chi connectivity index (χ3n) is 3.51. The van der Waals surface area contributed by atoms with E-state index in [2.05, 4.69) is 27.7 Å². The van der Waals surface area contributed by atoms with E-state index in [1.165, 1.54) is 11.3 Å². The van der Waals surface area contributed by atoms with E-state index in [-0.39, 0.29) is 0 Å². The summed E-state index contributed by atoms with van der Waals surface area (Å²) in [5.74, 6) is 3.20. The van der Waals surface area contributed by atoms with Gasteiger partial charge in [0.05, 0.1) is 9.75 Å². The molecule has 0 radical (unpaired) electrons. The van der Waals surface area contributed by atoms with Crippen molar-refractivity contribution in [3.8, 4) is 0 Å². The van der Waals surface area contributed by atoms with Gasteiger partial charge in [-0.2, -0.15) is 0 Å². The van der Waals surface area contributed by atoms with Crippen LogP contribution >= 0.6 is 34.9 Å². The number of thiophene rings is 1. The van der Waals surface area contributed by atoms with Crippen molar-refractivity contribution in [3.05, 3.63) is 9.75 Å². The van der Waals surface area contributed by atoms with Gasteiger partial charge < -0.3 is 0 Å². The predicted octanol–water partition coefficient (Wildman–Crippen LogP) is 5.65. The van der Waals surface area contributed by atoms with Gasteiger partial charge >= 0.3 is 0 Å². The Morgan fingerprint density at radius 2 is 1.29 bits per heavy atom. The Hall–Kier alpha value is -0.260. The predicted molar refractivity (Wildman–Crippen MR) is 95.5 cm³/mol. The van der Waals surface area contributed by atoms with E-state index < -0.39 is 0 Å². The number of aldehydes is 2. The van der Waals surface area contributed by atoms with Crippen molar-refractivity contribution in [2.24, 2.45) is 11.8 Å². The number of hydrogen-bond donors (Lipinski definition) is 0. The topological polar surface area (TPSA) is 34.1 Å². The van der Waals surface area contributed by atoms with Crippen LogP contribution in [0.4, 0.5) is 0 Å². The van der Waals surface area contributed by atoms with Crippen LogP contribution < -0.4 is 0 Å². The van der Waals surface area contributed by atoms with Crippen LogP contribution in [0.2, 0.25) is 0 Å². The minimum atomic E-state index is 0.612. The van der Waals surface area contributed by atoms with Crippen LogP contribution in [0.15, 0.2) is 9.79 Å². The van der Waals surface area contributed by atoms with E-state index in [1.54, 1.807) is 23.5 Å². The Morgan fingerprint density at radius 3 is 1.57 bits per heavy atom. The first-order valence-electron chi connectivity index (χ1n) is 7.39. The van der Waals surface area contributed by atoms with Crippen molar-refractivity contribution in [2.75, 3.05) is 11.5 Å². The fraction of sp³-hybridized carbons (Fsp3) is 0.625. The Bertz CT molecular complexity index is 428. The number of carbonyl (C=O) groups is 2. The molecule has 0 bridgehead atoms. The first-order valence-corrected chi connectivity index (χ1v) is 10.2. The summed E-state index contributed by atoms with van der Waals surface area (Å²) in [7, 11) is 0. The Kier molecular flexibility index (Phi) is 8.67. The summed E-state index contributed by atoms with van der Waals surface area (Å²) in [6, 6.07) is 0. The Balaban J connectivity index is 2.97. The van der Waals surface area contributed by atoms with Gasteiger partial charge in [-0.25, -0.2) is 0 Å². The SMILES string of the molecule is CC[C@H](C)CSc1c(C=O)sc(C=O)c1SC[C@@H](C)CC. The molecule has 2 atom stereocenters. The lowest BCUT2D eigenvalue weighted by Gasteiger charge is -2.11. The van der Waals surface area contributed by atoms with Gasteiger partial charge in [0.25, 0.3) is 0 Å². The summed E-state index contributed by atoms with van der Waals surface area (Å²) in [5, 5.41) is 0. The molecule has 0 amide bonds. The highest BCUT2D eigenvalue weighted by atomic mass is 32.2. The quantitative estimate of drug-likeness (QED) is 0.406. The first kappa shape index (κ1) is 18.8. The molecule has 0 spiro atoms. The van der Waals surface area contributed by atoms with E-state index in [4.69, 9.17) is 0 Å². The zero-order chi connectivity index (χ0) is 15.8. The molecule has 2 nitrogen and oxygen atoms in total. The molecule has 118 valence electrons. The Labute approximate surface area is 140 Å². The summed E-state index contributed by atoms with van der Waals surface area (Å²) in [5.41, 5.74) is 0. The smallest absolute Gasteiger partial charge is 0.161 e. The molecule has 0 N–H and O–H groups in total. The number of thioether (sulfide) groups is 2. The van der Waals surface area contributed by atoms with Gasteiger partial charge in [0, 0.05) is 21.3 Å². The molecule has 0 aliphatic carbocycles. The van der Waals surface area contributed by atoms with Crippen molar-refractivity contribution in [3.63, 3.8) is 0 Å². The third kappa shape index (κ3) is 5.46. The highest BCUT2D eigenvalue weighted by Gasteiger charge is 2.19. The highest BCUT2D eigenvalue weighted by Crippen LogP contribution is 2.42. The number of carbonyl (C=O) groups excluding carboxylic acids is 2. The van der Waals surface area contributed by atoms with E-state index in [9.17, 15) is 9.59 Å². The van der Waals surface area contributed by atoms with E-state index in [0.29, 0.717) is 21.6 Å². The zero-order valence-corrected chi connectivity index (χ0v) is 15.6. The van der Waals surface area contributed by atoms with Gasteiger partial charge in [0.15, 0.2) is 12.6 Å². The fourth-order valence-electron chi connectivity index (χ4n) is 1.55. The van der Waals surface area contributed by atoms with Crippen molar-refractivity contribution in [1.29, 1.82) is 0 Å². The Morgan fingerprint density at radius 1 is 0.905 bits per heavy atom. The van der Waals surface area contributed by atoms with Crippen molar-refractivity contribution < 1.29 is 9.59 Å². The van der Waals surface area contributed by atoms with Crippen LogP contribution in [-0.2, 0) is 0 Å². The average Bonchev–Trinajstić information content (AvgIpc) is 2.86. The van der Waals surface area contributed by atoms with Crippen LogP contribution in [0, 0.1) is 11.8 Å². The lowest BCUT2D eigenvalue weighted by Crippen LogP contribution is -1.98. The second-order valence-corrected chi connectivity index (χ2v) is 8.52. The van der Waals surface area contributed by atoms with Crippen LogP contribution in [0.1, 0.15) is 59.9 Å². The zero-order valence-electron chi connectivity index (χ0n) is 13.2. The van der Waals surface area contributed by atoms with Crippen molar-refractivity contribution in [2.45, 2.75) is 50.3 Å². The van der Waals surface area contributed by atoms with Crippen molar-refractivity contribution >= 4 is 47.4 Å². The van der Waals surface area contributed by atoms with E-state index >= 15 is 0 Å². The maximum absolute atomic E-state index is 11.3. The summed E-state index contributed by atoms with van der Waals surface area (Å²) >= 11 is 4.78. The van der Waals surface area contributed by atoms with Gasteiger partial charge in [-0.05, 0) is 11.8 Å². The minimum absolute atomic E-state index is 0.612. The van der Waals surface area contributed by atoms with Crippen LogP contribution in [-0.4, -0.2) is 24.1 Å². The standard InChI is InChI=1S/C16H24O2S3/c1-5-11(3)9-19-15-13(7-17)21-14(8-18)16(15)20-10-12(4)6-2/h7-8,11-12H,5-6,9-10H2,1-4H3/t11-,12-/m0/s1. The fourth-order valence-corrected chi connectivity index (χ4v) is 5.60. The van der Waals surface area contributed by atoms with Crippen molar-refractivity contribution in [1.82, 2.24) is 0 Å². The van der Waals surface area contributed by atoms with Crippen LogP contribution in [0.5, 0.6) is 0 Å². The van der Waals surface area contributed by atoms with E-state index in [1.807, 2.05) is 0 Å². The molecule has 0 saturated carbocycles. The molecule has 1 heterocycles. The molecule has 1 aromatic heterocycles. The first-order chi connectivity index (χ1) is 10.1. The summed E-state index contributed by atoms with van der Waals surface area (Å²) in [4.78, 5) is 26.0.